The Morgan fingerprint density at radius 2 is 1.04 bits per heavy atom. The quantitative estimate of drug-likeness (QED) is 0.154. The summed E-state index contributed by atoms with van der Waals surface area (Å²) in [6.07, 6.45) is 21.5. The van der Waals surface area contributed by atoms with Crippen molar-refractivity contribution in [2.45, 2.75) is 99.3 Å². The van der Waals surface area contributed by atoms with E-state index >= 15 is 0 Å². The average Bonchev–Trinajstić information content (AvgIpc) is 2.42. The van der Waals surface area contributed by atoms with Crippen LogP contribution >= 0.6 is 18.5 Å². The largest absolute Gasteiger partial charge is 0.269 e. The molecule has 2 unspecified atom stereocenters. The third kappa shape index (κ3) is 27.7. The van der Waals surface area contributed by atoms with Crippen LogP contribution in [0, 0.1) is 5.92 Å². The molecule has 0 bridgehead atoms. The summed E-state index contributed by atoms with van der Waals surface area (Å²) in [6.45, 7) is 3.79. The molecule has 0 nitrogen and oxygen atoms in total. The van der Waals surface area contributed by atoms with Gasteiger partial charge in [-0.1, -0.05) is 79.7 Å². The summed E-state index contributed by atoms with van der Waals surface area (Å²) in [4.78, 5) is 0. The molecule has 0 aliphatic rings. The molecular weight excluding hydrogens is 321 g/mol. The summed E-state index contributed by atoms with van der Waals surface area (Å²) >= 11 is 0. The third-order valence-corrected chi connectivity index (χ3v) is 4.72. The van der Waals surface area contributed by atoms with Crippen molar-refractivity contribution in [2.24, 2.45) is 5.92 Å². The predicted octanol–water partition coefficient (Wildman–Crippen LogP) is 8.28. The number of hydrogen-bond acceptors (Lipinski definition) is 0. The molecule has 0 amide bonds. The van der Waals surface area contributed by atoms with Crippen LogP contribution in [0.1, 0.15) is 99.3 Å². The molecule has 2 atom stereocenters. The van der Waals surface area contributed by atoms with Crippen LogP contribution in [0.5, 0.6) is 0 Å². The molecule has 0 aliphatic heterocycles. The maximum absolute atomic E-state index is 3.79. The lowest BCUT2D eigenvalue weighted by atomic mass is 9.90. The molecule has 0 N–H and O–H groups in total. The van der Waals surface area contributed by atoms with E-state index in [9.17, 15) is 0 Å². The van der Waals surface area contributed by atoms with E-state index in [1.807, 2.05) is 6.08 Å². The number of rotatable bonds is 15. The normalized spacial score (nSPS) is 9.17. The van der Waals surface area contributed by atoms with Gasteiger partial charge in [0, 0.05) is 0 Å². The van der Waals surface area contributed by atoms with E-state index in [4.69, 9.17) is 0 Å². The van der Waals surface area contributed by atoms with Gasteiger partial charge in [-0.25, -0.2) is 0 Å². The van der Waals surface area contributed by atoms with Crippen molar-refractivity contribution < 1.29 is 4.70 Å². The van der Waals surface area contributed by atoms with Gasteiger partial charge in [-0.3, -0.25) is 4.70 Å². The Hall–Kier alpha value is 0.530. The highest BCUT2D eigenvalue weighted by Crippen LogP contribution is 2.23. The number of allylic oxidation sites excluding steroid dienone is 1. The highest BCUT2D eigenvalue weighted by Gasteiger charge is 2.08. The first-order chi connectivity index (χ1) is 9.35. The first-order valence-corrected chi connectivity index (χ1v) is 9.99. The van der Waals surface area contributed by atoms with Gasteiger partial charge in [-0.2, -0.15) is 0 Å². The molecule has 0 aromatic rings. The maximum Gasteiger partial charge on any atom is -0.0353 e. The minimum atomic E-state index is 0. The molecule has 0 fully saturated rings. The van der Waals surface area contributed by atoms with Crippen molar-refractivity contribution in [1.29, 1.82) is 0 Å². The summed E-state index contributed by atoms with van der Waals surface area (Å²) in [5, 5.41) is 0. The first-order valence-electron chi connectivity index (χ1n) is 8.36. The van der Waals surface area contributed by atoms with Gasteiger partial charge in [0.05, 0.1) is 0 Å². The highest BCUT2D eigenvalue weighted by molar-refractivity contribution is 7.16. The second-order valence-corrected chi connectivity index (χ2v) is 6.87. The van der Waals surface area contributed by atoms with E-state index in [1.54, 1.807) is 0 Å². The number of hydrogen-bond donors (Lipinski definition) is 0. The van der Waals surface area contributed by atoms with Gasteiger partial charge in [-0.15, -0.1) is 25.1 Å². The van der Waals surface area contributed by atoms with Crippen LogP contribution in [0.2, 0.25) is 0 Å². The molecule has 0 spiro atoms. The number of halogens is 1. The zero-order valence-corrected chi connectivity index (χ0v) is 15.6. The molecule has 0 aromatic heterocycles. The van der Waals surface area contributed by atoms with Gasteiger partial charge >= 0.3 is 0 Å². The summed E-state index contributed by atoms with van der Waals surface area (Å²) in [7, 11) is 5.71. The van der Waals surface area contributed by atoms with Crippen LogP contribution in [-0.2, 0) is 0 Å². The third-order valence-electron chi connectivity index (χ3n) is 3.90. The Balaban J connectivity index is -0.000000270. The van der Waals surface area contributed by atoms with Gasteiger partial charge in [0.15, 0.2) is 0 Å². The van der Waals surface area contributed by atoms with Gasteiger partial charge in [0.25, 0.3) is 0 Å². The van der Waals surface area contributed by atoms with Crippen molar-refractivity contribution in [3.05, 3.63) is 12.7 Å². The fourth-order valence-electron chi connectivity index (χ4n) is 2.66. The van der Waals surface area contributed by atoms with E-state index in [0.29, 0.717) is 0 Å². The molecule has 0 saturated carbocycles. The Bertz CT molecular complexity index is 176. The molecule has 23 heavy (non-hydrogen) atoms. The smallest absolute Gasteiger partial charge is 0.0353 e. The number of unbranched alkanes of at least 4 members (excludes halogenated alkanes) is 6. The first kappa shape index (κ1) is 34.8. The topological polar surface area (TPSA) is 0 Å². The minimum Gasteiger partial charge on any atom is -0.269 e. The van der Waals surface area contributed by atoms with Crippen molar-refractivity contribution in [3.8, 4) is 0 Å². The maximum atomic E-state index is 3.79. The van der Waals surface area contributed by atoms with Crippen molar-refractivity contribution >= 4 is 18.5 Å². The summed E-state index contributed by atoms with van der Waals surface area (Å²) in [5.74, 6) is 1.01. The minimum absolute atomic E-state index is 0. The standard InChI is InChI=1S/C17H36P2.3CH4.FH/c1-2-3-4-5-6-7-12-17(13-8-10-15-18)14-9-11-16-19;;;;/h2,17H,1,3-16,18-19H2;3*1H4;1H. The van der Waals surface area contributed by atoms with Gasteiger partial charge < -0.3 is 0 Å². The molecule has 0 heterocycles. The fourth-order valence-corrected chi connectivity index (χ4v) is 3.24. The molecule has 0 aliphatic carbocycles. The van der Waals surface area contributed by atoms with Crippen LogP contribution in [0.3, 0.4) is 0 Å². The van der Waals surface area contributed by atoms with Crippen molar-refractivity contribution in [3.63, 3.8) is 0 Å². The summed E-state index contributed by atoms with van der Waals surface area (Å²) in [5.41, 5.74) is 0. The Kier molecular flexibility index (Phi) is 46.0. The Morgan fingerprint density at radius 1 is 0.652 bits per heavy atom. The van der Waals surface area contributed by atoms with E-state index in [1.165, 1.54) is 89.4 Å². The zero-order valence-electron chi connectivity index (χ0n) is 13.3. The van der Waals surface area contributed by atoms with E-state index in [2.05, 4.69) is 25.1 Å². The van der Waals surface area contributed by atoms with E-state index in [-0.39, 0.29) is 27.0 Å². The Labute approximate surface area is 153 Å². The second kappa shape index (κ2) is 30.4. The van der Waals surface area contributed by atoms with Crippen LogP contribution < -0.4 is 0 Å². The monoisotopic (exact) mass is 370 g/mol. The molecule has 146 valence electrons. The SMILES string of the molecule is C.C.C.C=CCCCCCCC(CCCCP)CCCCP.F. The molecule has 0 radical (unpaired) electrons. The van der Waals surface area contributed by atoms with E-state index < -0.39 is 0 Å². The van der Waals surface area contributed by atoms with Gasteiger partial charge in [0.2, 0.25) is 0 Å². The second-order valence-electron chi connectivity index (χ2n) is 5.72. The summed E-state index contributed by atoms with van der Waals surface area (Å²) < 4.78 is 0. The summed E-state index contributed by atoms with van der Waals surface area (Å²) in [6, 6.07) is 0. The molecule has 0 saturated heterocycles. The van der Waals surface area contributed by atoms with Crippen LogP contribution in [0.25, 0.3) is 0 Å². The van der Waals surface area contributed by atoms with Crippen molar-refractivity contribution in [2.75, 3.05) is 12.3 Å². The van der Waals surface area contributed by atoms with Crippen LogP contribution in [-0.4, -0.2) is 12.3 Å². The zero-order chi connectivity index (χ0) is 14.2. The molecular formula is C20H49FP2. The predicted molar refractivity (Wildman–Crippen MR) is 121 cm³/mol. The molecule has 3 heteroatoms. The van der Waals surface area contributed by atoms with Gasteiger partial charge in [0.1, 0.15) is 0 Å². The molecule has 0 aromatic carbocycles. The van der Waals surface area contributed by atoms with Crippen LogP contribution in [0.4, 0.5) is 4.70 Å². The van der Waals surface area contributed by atoms with E-state index in [0.717, 1.165) is 5.92 Å². The lowest BCUT2D eigenvalue weighted by molar-refractivity contribution is 0.378. The highest BCUT2D eigenvalue weighted by atomic mass is 31.0. The van der Waals surface area contributed by atoms with Gasteiger partial charge in [-0.05, 0) is 43.9 Å². The Morgan fingerprint density at radius 3 is 1.43 bits per heavy atom. The fraction of sp³-hybridized carbons (Fsp3) is 0.900. The van der Waals surface area contributed by atoms with Crippen LogP contribution in [0.15, 0.2) is 12.7 Å². The van der Waals surface area contributed by atoms with Crippen molar-refractivity contribution in [1.82, 2.24) is 0 Å². The lowest BCUT2D eigenvalue weighted by Crippen LogP contribution is -2.02. The lowest BCUT2D eigenvalue weighted by Gasteiger charge is -2.16. The average molecular weight is 371 g/mol. The molecule has 0 rings (SSSR count).